The summed E-state index contributed by atoms with van der Waals surface area (Å²) in [5.41, 5.74) is 12.0. The molecule has 1 unspecified atom stereocenters. The van der Waals surface area contributed by atoms with Crippen LogP contribution in [0.3, 0.4) is 0 Å². The molecule has 4 rings (SSSR count). The summed E-state index contributed by atoms with van der Waals surface area (Å²) < 4.78 is 54.3. The van der Waals surface area contributed by atoms with Crippen LogP contribution in [0.4, 0.5) is 5.13 Å². The van der Waals surface area contributed by atoms with Gasteiger partial charge in [-0.3, -0.25) is 4.79 Å². The van der Waals surface area contributed by atoms with Crippen molar-refractivity contribution < 1.29 is 26.7 Å². The van der Waals surface area contributed by atoms with Crippen molar-refractivity contribution in [2.45, 2.75) is 15.8 Å². The number of thiazole rings is 1. The predicted octanol–water partition coefficient (Wildman–Crippen LogP) is -0.937. The van der Waals surface area contributed by atoms with Crippen molar-refractivity contribution in [3.05, 3.63) is 30.3 Å². The quantitative estimate of drug-likeness (QED) is 0.158. The number of nitrogens with zero attached hydrogens (tertiary/aromatic N) is 4. The summed E-state index contributed by atoms with van der Waals surface area (Å²) in [6, 6.07) is 5.84. The number of nitrogen functional groups attached to an aromatic ring is 1. The highest BCUT2D eigenvalue weighted by Gasteiger charge is 2.33. The Bertz CT molecular complexity index is 1650. The Hall–Kier alpha value is -3.55. The summed E-state index contributed by atoms with van der Waals surface area (Å²) in [5.74, 6) is -1.72. The molecule has 0 saturated carbocycles. The highest BCUT2D eigenvalue weighted by atomic mass is 32.2. The van der Waals surface area contributed by atoms with Crippen molar-refractivity contribution in [1.29, 1.82) is 0 Å². The van der Waals surface area contributed by atoms with E-state index < -0.39 is 48.4 Å². The normalized spacial score (nSPS) is 13.2. The van der Waals surface area contributed by atoms with E-state index in [1.165, 1.54) is 17.4 Å². The molecule has 35 heavy (non-hydrogen) atoms. The van der Waals surface area contributed by atoms with Gasteiger partial charge in [0.05, 0.1) is 15.8 Å². The number of sulfonamides is 2. The first-order valence-corrected chi connectivity index (χ1v) is 13.3. The third kappa shape index (κ3) is 4.70. The molecule has 0 aliphatic carbocycles. The number of nitrogens with one attached hydrogen (secondary N) is 2. The maximum absolute atomic E-state index is 13.0. The van der Waals surface area contributed by atoms with Crippen LogP contribution in [0.5, 0.6) is 0 Å². The number of aliphatic carboxylic acids is 1. The van der Waals surface area contributed by atoms with E-state index in [1.807, 2.05) is 4.72 Å². The van der Waals surface area contributed by atoms with Gasteiger partial charge < -0.3 is 16.6 Å². The molecule has 9 N–H and O–H groups in total. The van der Waals surface area contributed by atoms with E-state index in [-0.39, 0.29) is 22.1 Å². The van der Waals surface area contributed by atoms with Crippen LogP contribution in [0.15, 0.2) is 40.1 Å². The van der Waals surface area contributed by atoms with Gasteiger partial charge in [-0.15, -0.1) is 10.2 Å². The summed E-state index contributed by atoms with van der Waals surface area (Å²) in [4.78, 5) is 13.7. The summed E-state index contributed by atoms with van der Waals surface area (Å²) in [6.45, 7) is -0.710. The zero-order valence-electron chi connectivity index (χ0n) is 17.4. The number of carbonyl (C=O) groups is 1. The molecule has 0 aliphatic heterocycles. The molecule has 4 aromatic rings. The first-order chi connectivity index (χ1) is 16.4. The average Bonchev–Trinajstić information content (AvgIpc) is 3.44. The molecule has 0 saturated heterocycles. The van der Waals surface area contributed by atoms with Gasteiger partial charge in [-0.2, -0.15) is 5.21 Å². The van der Waals surface area contributed by atoms with Crippen molar-refractivity contribution in [1.82, 2.24) is 30.3 Å². The molecule has 2 aromatic heterocycles. The maximum atomic E-state index is 13.0. The summed E-state index contributed by atoms with van der Waals surface area (Å²) in [5, 5.41) is 28.0. The van der Waals surface area contributed by atoms with E-state index in [4.69, 9.17) is 21.7 Å². The molecule has 1 atom stereocenters. The monoisotopic (exact) mass is 539 g/mol. The van der Waals surface area contributed by atoms with Crippen LogP contribution in [0.1, 0.15) is 0 Å². The Balaban J connectivity index is 2.04. The molecule has 0 radical (unpaired) electrons. The van der Waals surface area contributed by atoms with E-state index in [2.05, 4.69) is 25.6 Å². The molecule has 184 valence electrons. The van der Waals surface area contributed by atoms with Crippen molar-refractivity contribution in [3.63, 3.8) is 0 Å². The fourth-order valence-corrected chi connectivity index (χ4v) is 6.74. The number of aromatic amines is 1. The van der Waals surface area contributed by atoms with Crippen LogP contribution < -0.4 is 21.3 Å². The smallest absolute Gasteiger partial charge is 0.321 e. The highest BCUT2D eigenvalue weighted by Crippen LogP contribution is 2.41. The number of fused-ring (bicyclic) bond motifs is 1. The standard InChI is InChI=1S/C17H17N9O6S3/c18-9(16(27)28)6-21-35(31,32)11-5-4-7(8-2-1-3-10-13(8)22-17(19)33-10)12(14(11)34(20,29)30)15-23-25-26-24-15/h1-5,9,21H,6,18H2,(H2,19,22)(H,27,28)(H2,20,29,30)(H,23,24,25,26). The van der Waals surface area contributed by atoms with Crippen LogP contribution >= 0.6 is 11.3 Å². The Morgan fingerprint density at radius 1 is 1.17 bits per heavy atom. The lowest BCUT2D eigenvalue weighted by Gasteiger charge is -2.17. The number of H-pyrrole nitrogens is 1. The lowest BCUT2D eigenvalue weighted by Crippen LogP contribution is -2.42. The predicted molar refractivity (Wildman–Crippen MR) is 125 cm³/mol. The zero-order valence-corrected chi connectivity index (χ0v) is 19.9. The number of carboxylic acids is 1. The summed E-state index contributed by atoms with van der Waals surface area (Å²) in [7, 11) is -9.36. The molecule has 0 aliphatic rings. The number of hydrogen-bond donors (Lipinski definition) is 6. The molecular formula is C17H17N9O6S3. The molecular weight excluding hydrogens is 522 g/mol. The fraction of sp³-hybridized carbons (Fsp3) is 0.118. The number of benzene rings is 2. The van der Waals surface area contributed by atoms with Crippen LogP contribution in [-0.4, -0.2) is 66.1 Å². The molecule has 0 amide bonds. The van der Waals surface area contributed by atoms with Gasteiger partial charge >= 0.3 is 5.97 Å². The minimum Gasteiger partial charge on any atom is -0.480 e. The number of para-hydroxylation sites is 1. The van der Waals surface area contributed by atoms with E-state index in [0.29, 0.717) is 15.8 Å². The number of tetrazole rings is 1. The number of hydrogen-bond acceptors (Lipinski definition) is 12. The van der Waals surface area contributed by atoms with Gasteiger partial charge in [0.25, 0.3) is 0 Å². The SMILES string of the molecule is Nc1nc2c(-c3ccc(S(=O)(=O)NCC(N)C(=O)O)c(S(N)(=O)=O)c3-c3nn[nH]n3)cccc2s1. The highest BCUT2D eigenvalue weighted by molar-refractivity contribution is 7.92. The molecule has 0 fully saturated rings. The number of anilines is 1. The van der Waals surface area contributed by atoms with Crippen molar-refractivity contribution >= 4 is 52.7 Å². The first-order valence-electron chi connectivity index (χ1n) is 9.47. The van der Waals surface area contributed by atoms with Gasteiger partial charge in [0, 0.05) is 12.1 Å². The van der Waals surface area contributed by atoms with Crippen LogP contribution in [-0.2, 0) is 24.8 Å². The molecule has 0 bridgehead atoms. The van der Waals surface area contributed by atoms with E-state index in [9.17, 15) is 21.6 Å². The minimum atomic E-state index is -4.74. The fourth-order valence-electron chi connectivity index (χ4n) is 3.32. The lowest BCUT2D eigenvalue weighted by molar-refractivity contribution is -0.138. The van der Waals surface area contributed by atoms with Gasteiger partial charge in [-0.05, 0) is 22.9 Å². The van der Waals surface area contributed by atoms with Crippen LogP contribution in [0.2, 0.25) is 0 Å². The number of aromatic nitrogens is 5. The average molecular weight is 540 g/mol. The lowest BCUT2D eigenvalue weighted by atomic mass is 9.98. The van der Waals surface area contributed by atoms with E-state index in [0.717, 1.165) is 6.07 Å². The van der Waals surface area contributed by atoms with Gasteiger partial charge in [-0.1, -0.05) is 29.5 Å². The Morgan fingerprint density at radius 3 is 2.54 bits per heavy atom. The van der Waals surface area contributed by atoms with Crippen molar-refractivity contribution in [2.75, 3.05) is 12.3 Å². The number of rotatable bonds is 8. The van der Waals surface area contributed by atoms with Gasteiger partial charge in [0.15, 0.2) is 5.13 Å². The van der Waals surface area contributed by atoms with E-state index in [1.54, 1.807) is 18.2 Å². The third-order valence-electron chi connectivity index (χ3n) is 4.80. The topological polar surface area (TPSA) is 263 Å². The summed E-state index contributed by atoms with van der Waals surface area (Å²) >= 11 is 1.20. The molecule has 2 aromatic carbocycles. The second-order valence-electron chi connectivity index (χ2n) is 7.10. The Kier molecular flexibility index (Phi) is 6.25. The van der Waals surface area contributed by atoms with Crippen molar-refractivity contribution in [2.24, 2.45) is 10.9 Å². The number of nitrogens with two attached hydrogens (primary N) is 3. The van der Waals surface area contributed by atoms with Crippen molar-refractivity contribution in [3.8, 4) is 22.5 Å². The van der Waals surface area contributed by atoms with Gasteiger partial charge in [-0.25, -0.2) is 31.7 Å². The molecule has 2 heterocycles. The van der Waals surface area contributed by atoms with Crippen LogP contribution in [0, 0.1) is 0 Å². The Morgan fingerprint density at radius 2 is 1.91 bits per heavy atom. The molecule has 18 heteroatoms. The number of carboxylic acid groups (broad SMARTS) is 1. The molecule has 15 nitrogen and oxygen atoms in total. The maximum Gasteiger partial charge on any atom is 0.321 e. The second-order valence-corrected chi connectivity index (χ2v) is 11.4. The first kappa shape index (κ1) is 24.6. The third-order valence-corrected chi connectivity index (χ3v) is 8.24. The van der Waals surface area contributed by atoms with Gasteiger partial charge in [0.1, 0.15) is 15.8 Å². The Labute approximate surface area is 201 Å². The summed E-state index contributed by atoms with van der Waals surface area (Å²) in [6.07, 6.45) is 0. The number of primary sulfonamides is 1. The van der Waals surface area contributed by atoms with Crippen LogP contribution in [0.25, 0.3) is 32.7 Å². The van der Waals surface area contributed by atoms with Gasteiger partial charge in [0.2, 0.25) is 25.9 Å². The second kappa shape index (κ2) is 8.91. The van der Waals surface area contributed by atoms with E-state index >= 15 is 0 Å². The largest absolute Gasteiger partial charge is 0.480 e. The minimum absolute atomic E-state index is 0.188. The zero-order chi connectivity index (χ0) is 25.5. The molecule has 0 spiro atoms.